The summed E-state index contributed by atoms with van der Waals surface area (Å²) < 4.78 is 16.5. The summed E-state index contributed by atoms with van der Waals surface area (Å²) >= 11 is 0. The second-order valence-corrected chi connectivity index (χ2v) is 11.8. The Labute approximate surface area is 259 Å². The lowest BCUT2D eigenvalue weighted by Crippen LogP contribution is -2.37. The molecule has 1 aliphatic carbocycles. The minimum atomic E-state index is -0.584. The quantitative estimate of drug-likeness (QED) is 0.164. The maximum atomic E-state index is 13.3. The highest BCUT2D eigenvalue weighted by Crippen LogP contribution is 2.44. The third kappa shape index (κ3) is 9.76. The first-order valence-corrected chi connectivity index (χ1v) is 15.2. The average molecular weight is 602 g/mol. The molecule has 0 atom stereocenters. The van der Waals surface area contributed by atoms with Crippen molar-refractivity contribution in [2.45, 2.75) is 58.2 Å². The Morgan fingerprint density at radius 1 is 0.705 bits per heavy atom. The standard InChI is InChI=1S/C35H43N3O6/c1-35(2,3)44-33(40)37-21-13-23-38(22-12-11-20-36-32(39)42-24-26-14-5-4-6-15-26)34(41)43-25-31-29-18-9-7-16-27(29)28-17-8-10-19-30(28)31/h4-10,14-19,31H,11-13,20-25H2,1-3H3,(H,36,39)(H,37,40). The molecule has 0 radical (unpaired) electrons. The molecule has 234 valence electrons. The van der Waals surface area contributed by atoms with Crippen LogP contribution in [0.5, 0.6) is 0 Å². The van der Waals surface area contributed by atoms with Crippen molar-refractivity contribution in [1.82, 2.24) is 15.5 Å². The molecule has 0 heterocycles. The average Bonchev–Trinajstić information content (AvgIpc) is 3.33. The van der Waals surface area contributed by atoms with Crippen molar-refractivity contribution in [3.05, 3.63) is 95.6 Å². The van der Waals surface area contributed by atoms with Crippen molar-refractivity contribution in [3.63, 3.8) is 0 Å². The van der Waals surface area contributed by atoms with Gasteiger partial charge in [0.05, 0.1) is 0 Å². The summed E-state index contributed by atoms with van der Waals surface area (Å²) in [6, 6.07) is 25.9. The number of alkyl carbamates (subject to hydrolysis) is 2. The molecule has 0 fully saturated rings. The molecule has 0 saturated carbocycles. The Balaban J connectivity index is 1.27. The van der Waals surface area contributed by atoms with E-state index in [2.05, 4.69) is 34.9 Å². The maximum absolute atomic E-state index is 13.3. The third-order valence-electron chi connectivity index (χ3n) is 7.20. The molecular weight excluding hydrogens is 558 g/mol. The van der Waals surface area contributed by atoms with Crippen LogP contribution in [0.3, 0.4) is 0 Å². The molecular formula is C35H43N3O6. The van der Waals surface area contributed by atoms with Gasteiger partial charge in [0.25, 0.3) is 0 Å². The Morgan fingerprint density at radius 2 is 1.27 bits per heavy atom. The number of carbonyl (C=O) groups excluding carboxylic acids is 3. The molecule has 4 rings (SSSR count). The molecule has 0 aromatic heterocycles. The highest BCUT2D eigenvalue weighted by molar-refractivity contribution is 5.79. The fraction of sp³-hybridized carbons (Fsp3) is 0.400. The number of unbranched alkanes of at least 4 members (excludes halogenated alkanes) is 1. The predicted molar refractivity (Wildman–Crippen MR) is 169 cm³/mol. The number of hydrogen-bond donors (Lipinski definition) is 2. The highest BCUT2D eigenvalue weighted by atomic mass is 16.6. The molecule has 0 unspecified atom stereocenters. The lowest BCUT2D eigenvalue weighted by molar-refractivity contribution is 0.0525. The number of carbonyl (C=O) groups is 3. The summed E-state index contributed by atoms with van der Waals surface area (Å²) in [6.07, 6.45) is 0.477. The van der Waals surface area contributed by atoms with Gasteiger partial charge in [0, 0.05) is 32.1 Å². The summed E-state index contributed by atoms with van der Waals surface area (Å²) in [5, 5.41) is 5.51. The van der Waals surface area contributed by atoms with Crippen molar-refractivity contribution >= 4 is 18.3 Å². The molecule has 9 nitrogen and oxygen atoms in total. The topological polar surface area (TPSA) is 106 Å². The fourth-order valence-corrected chi connectivity index (χ4v) is 5.15. The Morgan fingerprint density at radius 3 is 1.93 bits per heavy atom. The van der Waals surface area contributed by atoms with Gasteiger partial charge in [-0.2, -0.15) is 0 Å². The SMILES string of the molecule is CC(C)(C)OC(=O)NCCCN(CCCCNC(=O)OCc1ccccc1)C(=O)OCC1c2ccccc2-c2ccccc21. The molecule has 3 aromatic carbocycles. The summed E-state index contributed by atoms with van der Waals surface area (Å²) in [5.74, 6) is -0.0341. The Kier molecular flexibility index (Phi) is 11.6. The monoisotopic (exact) mass is 601 g/mol. The molecule has 1 aliphatic rings. The van der Waals surface area contributed by atoms with Gasteiger partial charge < -0.3 is 29.7 Å². The first kappa shape index (κ1) is 32.4. The molecule has 44 heavy (non-hydrogen) atoms. The van der Waals surface area contributed by atoms with Gasteiger partial charge in [0.2, 0.25) is 0 Å². The molecule has 2 N–H and O–H groups in total. The minimum Gasteiger partial charge on any atom is -0.448 e. The first-order valence-electron chi connectivity index (χ1n) is 15.2. The van der Waals surface area contributed by atoms with Crippen molar-refractivity contribution in [2.24, 2.45) is 0 Å². The van der Waals surface area contributed by atoms with Crippen LogP contribution >= 0.6 is 0 Å². The van der Waals surface area contributed by atoms with Gasteiger partial charge >= 0.3 is 18.3 Å². The van der Waals surface area contributed by atoms with E-state index in [4.69, 9.17) is 14.2 Å². The van der Waals surface area contributed by atoms with Crippen LogP contribution in [-0.4, -0.2) is 61.6 Å². The van der Waals surface area contributed by atoms with Gasteiger partial charge in [-0.15, -0.1) is 0 Å². The van der Waals surface area contributed by atoms with Crippen LogP contribution in [0, 0.1) is 0 Å². The van der Waals surface area contributed by atoms with Crippen LogP contribution in [0.25, 0.3) is 11.1 Å². The van der Waals surface area contributed by atoms with Gasteiger partial charge in [-0.1, -0.05) is 78.9 Å². The second-order valence-electron chi connectivity index (χ2n) is 11.8. The largest absolute Gasteiger partial charge is 0.448 e. The number of ether oxygens (including phenoxy) is 3. The summed E-state index contributed by atoms with van der Waals surface area (Å²) in [6.45, 7) is 7.50. The number of nitrogens with one attached hydrogen (secondary N) is 2. The molecule has 3 aromatic rings. The zero-order valence-corrected chi connectivity index (χ0v) is 25.8. The van der Waals surface area contributed by atoms with Gasteiger partial charge in [0.1, 0.15) is 18.8 Å². The Bertz CT molecular complexity index is 1340. The van der Waals surface area contributed by atoms with Crippen LogP contribution in [0.4, 0.5) is 14.4 Å². The van der Waals surface area contributed by atoms with Crippen molar-refractivity contribution in [1.29, 1.82) is 0 Å². The van der Waals surface area contributed by atoms with E-state index in [9.17, 15) is 14.4 Å². The van der Waals surface area contributed by atoms with E-state index in [1.807, 2.05) is 75.4 Å². The number of hydrogen-bond acceptors (Lipinski definition) is 6. The molecule has 9 heteroatoms. The van der Waals surface area contributed by atoms with E-state index in [0.29, 0.717) is 45.4 Å². The van der Waals surface area contributed by atoms with E-state index < -0.39 is 23.9 Å². The molecule has 0 saturated heterocycles. The lowest BCUT2D eigenvalue weighted by atomic mass is 9.98. The first-order chi connectivity index (χ1) is 21.2. The summed E-state index contributed by atoms with van der Waals surface area (Å²) in [4.78, 5) is 39.1. The number of fused-ring (bicyclic) bond motifs is 3. The zero-order chi connectivity index (χ0) is 31.4. The molecule has 0 spiro atoms. The van der Waals surface area contributed by atoms with Crippen LogP contribution in [-0.2, 0) is 20.8 Å². The zero-order valence-electron chi connectivity index (χ0n) is 25.8. The maximum Gasteiger partial charge on any atom is 0.409 e. The number of benzene rings is 3. The smallest absolute Gasteiger partial charge is 0.409 e. The van der Waals surface area contributed by atoms with Crippen molar-refractivity contribution < 1.29 is 28.6 Å². The molecule has 0 aliphatic heterocycles. The fourth-order valence-electron chi connectivity index (χ4n) is 5.15. The van der Waals surface area contributed by atoms with Gasteiger partial charge in [0.15, 0.2) is 0 Å². The highest BCUT2D eigenvalue weighted by Gasteiger charge is 2.29. The summed E-state index contributed by atoms with van der Waals surface area (Å²) in [5.41, 5.74) is 4.98. The van der Waals surface area contributed by atoms with E-state index in [0.717, 1.165) is 16.7 Å². The van der Waals surface area contributed by atoms with E-state index >= 15 is 0 Å². The predicted octanol–water partition coefficient (Wildman–Crippen LogP) is 6.86. The van der Waals surface area contributed by atoms with E-state index in [-0.39, 0.29) is 19.1 Å². The normalized spacial score (nSPS) is 12.1. The minimum absolute atomic E-state index is 0.0341. The molecule has 3 amide bonds. The van der Waals surface area contributed by atoms with Crippen molar-refractivity contribution in [3.8, 4) is 11.1 Å². The van der Waals surface area contributed by atoms with E-state index in [1.54, 1.807) is 4.90 Å². The van der Waals surface area contributed by atoms with Gasteiger partial charge in [-0.25, -0.2) is 14.4 Å². The van der Waals surface area contributed by atoms with E-state index in [1.165, 1.54) is 11.1 Å². The lowest BCUT2D eigenvalue weighted by Gasteiger charge is -2.24. The van der Waals surface area contributed by atoms with Crippen LogP contribution in [0.15, 0.2) is 78.9 Å². The van der Waals surface area contributed by atoms with Crippen molar-refractivity contribution in [2.75, 3.05) is 32.8 Å². The third-order valence-corrected chi connectivity index (χ3v) is 7.20. The van der Waals surface area contributed by atoms with Gasteiger partial charge in [-0.05, 0) is 67.9 Å². The number of rotatable bonds is 13. The number of amides is 3. The van der Waals surface area contributed by atoms with Crippen LogP contribution in [0.1, 0.15) is 62.6 Å². The van der Waals surface area contributed by atoms with Gasteiger partial charge in [-0.3, -0.25) is 0 Å². The second kappa shape index (κ2) is 15.8. The summed E-state index contributed by atoms with van der Waals surface area (Å²) in [7, 11) is 0. The van der Waals surface area contributed by atoms with Crippen LogP contribution < -0.4 is 10.6 Å². The van der Waals surface area contributed by atoms with Crippen LogP contribution in [0.2, 0.25) is 0 Å². The number of nitrogens with zero attached hydrogens (tertiary/aromatic N) is 1. The molecule has 0 bridgehead atoms. The Hall–Kier alpha value is -4.53.